The van der Waals surface area contributed by atoms with E-state index < -0.39 is 35.3 Å². The molecule has 0 bridgehead atoms. The van der Waals surface area contributed by atoms with E-state index in [1.54, 1.807) is 90.1 Å². The molecule has 0 saturated heterocycles. The molecule has 0 aliphatic rings. The van der Waals surface area contributed by atoms with Gasteiger partial charge in [0.2, 0.25) is 0 Å². The summed E-state index contributed by atoms with van der Waals surface area (Å²) < 4.78 is 10.3. The smallest absolute Gasteiger partial charge is 0.412 e. The Hall–Kier alpha value is -4.82. The molecule has 2 aromatic heterocycles. The number of benzene rings is 2. The lowest BCUT2D eigenvalue weighted by molar-refractivity contribution is 0.0624. The number of carboxylic acids is 2. The number of aromatic nitrogens is 2. The first-order valence-corrected chi connectivity index (χ1v) is 16.7. The van der Waals surface area contributed by atoms with Crippen molar-refractivity contribution < 1.29 is 38.9 Å². The average molecular weight is 701 g/mol. The molecule has 2 aromatic carbocycles. The highest BCUT2D eigenvalue weighted by molar-refractivity contribution is 7.17. The van der Waals surface area contributed by atoms with Gasteiger partial charge in [0.25, 0.3) is 0 Å². The molecule has 14 heteroatoms. The van der Waals surface area contributed by atoms with Crippen LogP contribution in [-0.4, -0.2) is 55.5 Å². The summed E-state index contributed by atoms with van der Waals surface area (Å²) in [5.41, 5.74) is 1.64. The summed E-state index contributed by atoms with van der Waals surface area (Å²) >= 11 is 2.20. The highest BCUT2D eigenvalue weighted by Crippen LogP contribution is 2.28. The molecule has 12 nitrogen and oxygen atoms in total. The molecule has 0 atom stereocenters. The van der Waals surface area contributed by atoms with Gasteiger partial charge in [-0.15, -0.1) is 22.7 Å². The van der Waals surface area contributed by atoms with E-state index in [4.69, 9.17) is 19.7 Å². The fourth-order valence-corrected chi connectivity index (χ4v) is 4.77. The molecule has 2 amide bonds. The molecule has 0 spiro atoms. The van der Waals surface area contributed by atoms with Gasteiger partial charge in [0.15, 0.2) is 0 Å². The lowest BCUT2D eigenvalue weighted by atomic mass is 10.2. The lowest BCUT2D eigenvalue weighted by Gasteiger charge is -2.19. The number of anilines is 2. The van der Waals surface area contributed by atoms with Gasteiger partial charge in [-0.3, -0.25) is 10.6 Å². The largest absolute Gasteiger partial charge is 0.477 e. The van der Waals surface area contributed by atoms with Crippen molar-refractivity contribution in [3.05, 3.63) is 70.7 Å². The van der Waals surface area contributed by atoms with Crippen molar-refractivity contribution >= 4 is 58.2 Å². The number of hydrogen-bond donors (Lipinski definition) is 4. The van der Waals surface area contributed by atoms with Crippen molar-refractivity contribution in [1.82, 2.24) is 9.97 Å². The van der Waals surface area contributed by atoms with Crippen LogP contribution in [0.4, 0.5) is 21.0 Å². The van der Waals surface area contributed by atoms with Gasteiger partial charge in [0.1, 0.15) is 31.0 Å². The van der Waals surface area contributed by atoms with E-state index in [9.17, 15) is 19.2 Å². The molecule has 0 aliphatic carbocycles. The summed E-state index contributed by atoms with van der Waals surface area (Å²) in [4.78, 5) is 53.5. The third-order valence-electron chi connectivity index (χ3n) is 4.99. The molecule has 0 fully saturated rings. The lowest BCUT2D eigenvalue weighted by Crippen LogP contribution is -2.27. The summed E-state index contributed by atoms with van der Waals surface area (Å²) in [5, 5.41) is 24.3. The minimum absolute atomic E-state index is 0.186. The second-order valence-corrected chi connectivity index (χ2v) is 13.1. The monoisotopic (exact) mass is 700 g/mol. The fraction of sp³-hybridized carbons (Fsp3) is 0.353. The van der Waals surface area contributed by atoms with Crippen LogP contribution in [0, 0.1) is 0 Å². The molecule has 48 heavy (non-hydrogen) atoms. The van der Waals surface area contributed by atoms with Crippen LogP contribution < -0.4 is 10.6 Å². The van der Waals surface area contributed by atoms with Crippen molar-refractivity contribution in [3.8, 4) is 21.1 Å². The number of ether oxygens (including phenoxy) is 2. The molecule has 2 heterocycles. The number of hydrogen-bond acceptors (Lipinski definition) is 10. The van der Waals surface area contributed by atoms with Crippen molar-refractivity contribution in [2.45, 2.75) is 80.4 Å². The van der Waals surface area contributed by atoms with Gasteiger partial charge in [-0.05, 0) is 90.1 Å². The number of carbonyl (C=O) groups is 4. The summed E-state index contributed by atoms with van der Waals surface area (Å²) in [6, 6.07) is 13.9. The molecule has 0 saturated carbocycles. The maximum Gasteiger partial charge on any atom is 0.412 e. The molecular formula is C34H44N4O8S2. The van der Waals surface area contributed by atoms with E-state index in [2.05, 4.69) is 20.6 Å². The third-order valence-corrected chi connectivity index (χ3v) is 7.06. The molecule has 4 aromatic rings. The van der Waals surface area contributed by atoms with Crippen molar-refractivity contribution in [2.75, 3.05) is 10.6 Å². The maximum atomic E-state index is 11.7. The highest BCUT2D eigenvalue weighted by atomic mass is 32.1. The standard InChI is InChI=1S/2C15H16N2O4S.2C2H6/c2*1-15(2,3)21-14(20)17-10-6-4-9(5-7-10)12-16-8-11(22-12)13(18)19;2*1-2/h2*4-8H,1-3H3,(H,17,20)(H,18,19);2*1-2H3. The summed E-state index contributed by atoms with van der Waals surface area (Å²) in [7, 11) is 0. The van der Waals surface area contributed by atoms with Crippen LogP contribution in [0.1, 0.15) is 88.6 Å². The Morgan fingerprint density at radius 3 is 1.10 bits per heavy atom. The summed E-state index contributed by atoms with van der Waals surface area (Å²) in [5.74, 6) is -1.99. The van der Waals surface area contributed by atoms with Crippen LogP contribution in [0.25, 0.3) is 21.1 Å². The number of nitrogens with one attached hydrogen (secondary N) is 2. The summed E-state index contributed by atoms with van der Waals surface area (Å²) in [6.07, 6.45) is 1.61. The number of amides is 2. The first-order valence-electron chi connectivity index (χ1n) is 15.1. The Labute approximate surface area is 289 Å². The van der Waals surface area contributed by atoms with E-state index in [-0.39, 0.29) is 9.75 Å². The zero-order valence-electron chi connectivity index (χ0n) is 28.8. The van der Waals surface area contributed by atoms with Gasteiger partial charge < -0.3 is 19.7 Å². The Bertz CT molecular complexity index is 1500. The Kier molecular flexibility index (Phi) is 16.4. The van der Waals surface area contributed by atoms with Crippen LogP contribution in [0.5, 0.6) is 0 Å². The molecule has 0 unspecified atom stereocenters. The number of carboxylic acid groups (broad SMARTS) is 2. The molecule has 0 aliphatic heterocycles. The topological polar surface area (TPSA) is 177 Å². The molecule has 0 radical (unpaired) electrons. The van der Waals surface area contributed by atoms with E-state index in [0.717, 1.165) is 33.8 Å². The van der Waals surface area contributed by atoms with Gasteiger partial charge in [0.05, 0.1) is 12.4 Å². The Morgan fingerprint density at radius 2 is 0.875 bits per heavy atom. The van der Waals surface area contributed by atoms with Gasteiger partial charge in [0, 0.05) is 22.5 Å². The molecular weight excluding hydrogens is 657 g/mol. The predicted molar refractivity (Wildman–Crippen MR) is 191 cm³/mol. The van der Waals surface area contributed by atoms with E-state index >= 15 is 0 Å². The first-order chi connectivity index (χ1) is 22.5. The van der Waals surface area contributed by atoms with Crippen molar-refractivity contribution in [2.24, 2.45) is 0 Å². The third kappa shape index (κ3) is 14.7. The zero-order valence-corrected chi connectivity index (χ0v) is 30.5. The quantitative estimate of drug-likeness (QED) is 0.151. The minimum Gasteiger partial charge on any atom is -0.477 e. The fourth-order valence-electron chi connectivity index (χ4n) is 3.25. The second-order valence-electron chi connectivity index (χ2n) is 11.1. The number of carbonyl (C=O) groups excluding carboxylic acids is 2. The van der Waals surface area contributed by atoms with E-state index in [1.807, 2.05) is 27.7 Å². The highest BCUT2D eigenvalue weighted by Gasteiger charge is 2.18. The van der Waals surface area contributed by atoms with Gasteiger partial charge >= 0.3 is 24.1 Å². The predicted octanol–water partition coefficient (Wildman–Crippen LogP) is 9.76. The van der Waals surface area contributed by atoms with Crippen molar-refractivity contribution in [1.29, 1.82) is 0 Å². The van der Waals surface area contributed by atoms with Crippen LogP contribution in [0.3, 0.4) is 0 Å². The Morgan fingerprint density at radius 1 is 0.583 bits per heavy atom. The van der Waals surface area contributed by atoms with Gasteiger partial charge in [-0.2, -0.15) is 0 Å². The molecule has 4 N–H and O–H groups in total. The SMILES string of the molecule is CC.CC.CC(C)(C)OC(=O)Nc1ccc(-c2ncc(C(=O)O)s2)cc1.CC(C)(C)OC(=O)Nc1ccc(-c2ncc(C(=O)O)s2)cc1. The average Bonchev–Trinajstić information content (AvgIpc) is 3.70. The van der Waals surface area contributed by atoms with Crippen molar-refractivity contribution in [3.63, 3.8) is 0 Å². The number of rotatable bonds is 6. The van der Waals surface area contributed by atoms with E-state index in [1.165, 1.54) is 12.4 Å². The van der Waals surface area contributed by atoms with Crippen LogP contribution >= 0.6 is 22.7 Å². The van der Waals surface area contributed by atoms with Crippen LogP contribution in [0.2, 0.25) is 0 Å². The van der Waals surface area contributed by atoms with E-state index in [0.29, 0.717) is 21.4 Å². The number of aromatic carboxylic acids is 2. The minimum atomic E-state index is -0.994. The number of thiazole rings is 2. The van der Waals surface area contributed by atoms with Gasteiger partial charge in [-0.25, -0.2) is 29.1 Å². The van der Waals surface area contributed by atoms with Crippen LogP contribution in [0.15, 0.2) is 60.9 Å². The molecule has 260 valence electrons. The maximum absolute atomic E-state index is 11.7. The summed E-state index contributed by atoms with van der Waals surface area (Å²) in [6.45, 7) is 18.7. The van der Waals surface area contributed by atoms with Crippen LogP contribution in [-0.2, 0) is 9.47 Å². The number of nitrogens with zero attached hydrogens (tertiary/aromatic N) is 2. The molecule has 4 rings (SSSR count). The normalized spacial score (nSPS) is 10.4. The Balaban J connectivity index is 0.000000435. The zero-order chi connectivity index (χ0) is 36.7. The van der Waals surface area contributed by atoms with Gasteiger partial charge in [-0.1, -0.05) is 27.7 Å². The first kappa shape index (κ1) is 41.2. The second kappa shape index (κ2) is 19.1.